The molecule has 4 nitrogen and oxygen atoms in total. The zero-order chi connectivity index (χ0) is 16.1. The lowest BCUT2D eigenvalue weighted by Gasteiger charge is -2.11. The van der Waals surface area contributed by atoms with Crippen molar-refractivity contribution in [2.75, 3.05) is 19.6 Å². The van der Waals surface area contributed by atoms with Crippen molar-refractivity contribution in [2.45, 2.75) is 24.4 Å². The zero-order valence-corrected chi connectivity index (χ0v) is 12.1. The van der Waals surface area contributed by atoms with Crippen LogP contribution in [0.4, 0.5) is 17.6 Å². The number of hydrogen-bond donors (Lipinski definition) is 2. The van der Waals surface area contributed by atoms with Crippen molar-refractivity contribution in [3.63, 3.8) is 0 Å². The fourth-order valence-corrected chi connectivity index (χ4v) is 2.60. The second-order valence-corrected chi connectivity index (χ2v) is 6.05. The first kappa shape index (κ1) is 17.9. The first-order chi connectivity index (χ1) is 9.68. The third-order valence-electron chi connectivity index (χ3n) is 2.58. The predicted molar refractivity (Wildman–Crippen MR) is 69.8 cm³/mol. The molecule has 9 heteroatoms. The van der Waals surface area contributed by atoms with Gasteiger partial charge in [-0.2, -0.15) is 13.2 Å². The van der Waals surface area contributed by atoms with Crippen LogP contribution in [0.3, 0.4) is 0 Å². The van der Waals surface area contributed by atoms with Crippen LogP contribution in [-0.2, 0) is 16.2 Å². The Morgan fingerprint density at radius 3 is 2.33 bits per heavy atom. The van der Waals surface area contributed by atoms with Gasteiger partial charge >= 0.3 is 6.18 Å². The number of benzene rings is 1. The van der Waals surface area contributed by atoms with E-state index in [0.29, 0.717) is 18.7 Å². The molecule has 0 aromatic heterocycles. The monoisotopic (exact) mass is 328 g/mol. The lowest BCUT2D eigenvalue weighted by atomic mass is 10.2. The molecule has 0 radical (unpaired) electrons. The molecule has 1 aromatic carbocycles. The van der Waals surface area contributed by atoms with Gasteiger partial charge in [0.05, 0.1) is 10.5 Å². The summed E-state index contributed by atoms with van der Waals surface area (Å²) in [6, 6.07) is 1.51. The van der Waals surface area contributed by atoms with Crippen molar-refractivity contribution in [1.82, 2.24) is 10.0 Å². The summed E-state index contributed by atoms with van der Waals surface area (Å²) in [4.78, 5) is -0.538. The van der Waals surface area contributed by atoms with E-state index in [-0.39, 0.29) is 6.54 Å². The summed E-state index contributed by atoms with van der Waals surface area (Å²) >= 11 is 0. The predicted octanol–water partition coefficient (Wildman–Crippen LogP) is 2.12. The van der Waals surface area contributed by atoms with Crippen LogP contribution < -0.4 is 10.0 Å². The number of alkyl halides is 3. The minimum Gasteiger partial charge on any atom is -0.315 e. The van der Waals surface area contributed by atoms with Gasteiger partial charge in [0.2, 0.25) is 10.0 Å². The van der Waals surface area contributed by atoms with Gasteiger partial charge < -0.3 is 5.32 Å². The Kier molecular flexibility index (Phi) is 6.11. The Labute approximate surface area is 120 Å². The van der Waals surface area contributed by atoms with Gasteiger partial charge in [0.1, 0.15) is 5.82 Å². The molecule has 0 unspecified atom stereocenters. The quantitative estimate of drug-likeness (QED) is 0.595. The average molecular weight is 328 g/mol. The molecular weight excluding hydrogens is 312 g/mol. The zero-order valence-electron chi connectivity index (χ0n) is 11.3. The van der Waals surface area contributed by atoms with E-state index in [4.69, 9.17) is 0 Å². The number of halogens is 4. The normalized spacial score (nSPS) is 12.6. The highest BCUT2D eigenvalue weighted by atomic mass is 32.2. The van der Waals surface area contributed by atoms with E-state index in [1.54, 1.807) is 0 Å². The molecule has 0 saturated heterocycles. The van der Waals surface area contributed by atoms with Crippen LogP contribution in [-0.4, -0.2) is 28.1 Å². The third-order valence-corrected chi connectivity index (χ3v) is 4.04. The molecule has 2 N–H and O–H groups in total. The lowest BCUT2D eigenvalue weighted by molar-refractivity contribution is -0.140. The molecule has 0 aliphatic heterocycles. The topological polar surface area (TPSA) is 58.2 Å². The molecule has 0 spiro atoms. The molecule has 21 heavy (non-hydrogen) atoms. The largest absolute Gasteiger partial charge is 0.419 e. The molecule has 1 rings (SSSR count). The molecule has 0 saturated carbocycles. The van der Waals surface area contributed by atoms with Gasteiger partial charge in [-0.05, 0) is 31.2 Å². The van der Waals surface area contributed by atoms with E-state index < -0.39 is 32.5 Å². The van der Waals surface area contributed by atoms with Crippen LogP contribution in [0.1, 0.15) is 18.9 Å². The molecule has 0 fully saturated rings. The second kappa shape index (κ2) is 7.19. The summed E-state index contributed by atoms with van der Waals surface area (Å²) in [6.07, 6.45) is -3.97. The highest BCUT2D eigenvalue weighted by Crippen LogP contribution is 2.32. The molecular formula is C12H16F4N2O2S. The maximum absolute atomic E-state index is 13.3. The Morgan fingerprint density at radius 2 is 1.81 bits per heavy atom. The molecule has 0 atom stereocenters. The van der Waals surface area contributed by atoms with E-state index >= 15 is 0 Å². The van der Waals surface area contributed by atoms with Gasteiger partial charge in [-0.3, -0.25) is 0 Å². The van der Waals surface area contributed by atoms with Crippen molar-refractivity contribution in [2.24, 2.45) is 0 Å². The van der Waals surface area contributed by atoms with Gasteiger partial charge in [0, 0.05) is 13.1 Å². The molecule has 120 valence electrons. The fraction of sp³-hybridized carbons (Fsp3) is 0.500. The Hall–Kier alpha value is -1.19. The van der Waals surface area contributed by atoms with Crippen LogP contribution >= 0.6 is 0 Å². The Balaban J connectivity index is 2.78. The summed E-state index contributed by atoms with van der Waals surface area (Å²) in [7, 11) is -4.03. The minimum atomic E-state index is -4.86. The van der Waals surface area contributed by atoms with E-state index in [1.165, 1.54) is 0 Å². The maximum atomic E-state index is 13.3. The van der Waals surface area contributed by atoms with E-state index in [0.717, 1.165) is 19.0 Å². The van der Waals surface area contributed by atoms with Gasteiger partial charge in [-0.1, -0.05) is 6.92 Å². The number of nitrogens with one attached hydrogen (secondary N) is 2. The highest BCUT2D eigenvalue weighted by molar-refractivity contribution is 7.89. The van der Waals surface area contributed by atoms with Crippen LogP contribution in [0.25, 0.3) is 0 Å². The minimum absolute atomic E-state index is 0.0605. The summed E-state index contributed by atoms with van der Waals surface area (Å²) in [5.74, 6) is -1.62. The smallest absolute Gasteiger partial charge is 0.315 e. The molecule has 0 heterocycles. The summed E-state index contributed by atoms with van der Waals surface area (Å²) in [5.41, 5.74) is -1.49. The summed E-state index contributed by atoms with van der Waals surface area (Å²) in [5, 5.41) is 2.95. The van der Waals surface area contributed by atoms with Crippen molar-refractivity contribution >= 4 is 10.0 Å². The van der Waals surface area contributed by atoms with Gasteiger partial charge in [-0.15, -0.1) is 0 Å². The van der Waals surface area contributed by atoms with Crippen LogP contribution in [0.5, 0.6) is 0 Å². The second-order valence-electron chi connectivity index (χ2n) is 4.29. The molecule has 0 aliphatic rings. The fourth-order valence-electron chi connectivity index (χ4n) is 1.55. The van der Waals surface area contributed by atoms with Crippen molar-refractivity contribution in [1.29, 1.82) is 0 Å². The first-order valence-electron chi connectivity index (χ1n) is 6.25. The first-order valence-corrected chi connectivity index (χ1v) is 7.74. The maximum Gasteiger partial charge on any atom is 0.419 e. The van der Waals surface area contributed by atoms with E-state index in [9.17, 15) is 26.0 Å². The SMILES string of the molecule is CCCNCCNS(=O)(=O)c1ccc(C(F)(F)F)c(F)c1. The van der Waals surface area contributed by atoms with Gasteiger partial charge in [0.25, 0.3) is 0 Å². The molecule has 0 bridgehead atoms. The van der Waals surface area contributed by atoms with Gasteiger partial charge in [0.15, 0.2) is 0 Å². The average Bonchev–Trinajstić information content (AvgIpc) is 2.36. The molecule has 0 amide bonds. The van der Waals surface area contributed by atoms with Crippen molar-refractivity contribution < 1.29 is 26.0 Å². The molecule has 0 aliphatic carbocycles. The Morgan fingerprint density at radius 1 is 1.14 bits per heavy atom. The standard InChI is InChI=1S/C12H16F4N2O2S/c1-2-5-17-6-7-18-21(19,20)9-3-4-10(11(13)8-9)12(14,15)16/h3-4,8,17-18H,2,5-7H2,1H3. The van der Waals surface area contributed by atoms with Crippen LogP contribution in [0, 0.1) is 5.82 Å². The Bertz CT molecular complexity index is 573. The third kappa shape index (κ3) is 5.25. The number of hydrogen-bond acceptors (Lipinski definition) is 3. The molecule has 1 aromatic rings. The van der Waals surface area contributed by atoms with E-state index in [1.807, 2.05) is 6.92 Å². The van der Waals surface area contributed by atoms with Crippen LogP contribution in [0.2, 0.25) is 0 Å². The highest BCUT2D eigenvalue weighted by Gasteiger charge is 2.34. The van der Waals surface area contributed by atoms with Crippen LogP contribution in [0.15, 0.2) is 23.1 Å². The summed E-state index contributed by atoms with van der Waals surface area (Å²) < 4.78 is 76.3. The van der Waals surface area contributed by atoms with Crippen molar-refractivity contribution in [3.05, 3.63) is 29.6 Å². The van der Waals surface area contributed by atoms with E-state index in [2.05, 4.69) is 10.0 Å². The van der Waals surface area contributed by atoms with Gasteiger partial charge in [-0.25, -0.2) is 17.5 Å². The lowest BCUT2D eigenvalue weighted by Crippen LogP contribution is -2.32. The summed E-state index contributed by atoms with van der Waals surface area (Å²) in [6.45, 7) is 3.10. The number of sulfonamides is 1. The number of rotatable bonds is 7. The van der Waals surface area contributed by atoms with Crippen molar-refractivity contribution in [3.8, 4) is 0 Å².